The molecule has 1 saturated heterocycles. The summed E-state index contributed by atoms with van der Waals surface area (Å²) in [6, 6.07) is 20.0. The predicted molar refractivity (Wildman–Crippen MR) is 79.9 cm³/mol. The number of rotatable bonds is 2. The molecule has 2 aromatic carbocycles. The molecular weight excluding hydrogens is 236 g/mol. The highest BCUT2D eigenvalue weighted by molar-refractivity contribution is 8.00. The van der Waals surface area contributed by atoms with Gasteiger partial charge < -0.3 is 0 Å². The number of aryl methyl sites for hydroxylation is 1. The fourth-order valence-electron chi connectivity index (χ4n) is 2.58. The molecule has 0 spiro atoms. The Morgan fingerprint density at radius 2 is 1.33 bits per heavy atom. The van der Waals surface area contributed by atoms with E-state index in [0.29, 0.717) is 10.5 Å². The van der Waals surface area contributed by atoms with Crippen LogP contribution in [0.1, 0.15) is 40.0 Å². The first kappa shape index (κ1) is 11.9. The van der Waals surface area contributed by atoms with Crippen LogP contribution in [0.2, 0.25) is 0 Å². The molecule has 0 bridgehead atoms. The minimum absolute atomic E-state index is 0.677. The molecule has 0 N–H and O–H groups in total. The summed E-state index contributed by atoms with van der Waals surface area (Å²) in [7, 11) is 0. The summed E-state index contributed by atoms with van der Waals surface area (Å²) in [4.78, 5) is 0. The Morgan fingerprint density at radius 1 is 0.778 bits per heavy atom. The van der Waals surface area contributed by atoms with Crippen LogP contribution in [-0.2, 0) is 0 Å². The Kier molecular flexibility index (Phi) is 3.42. The molecule has 1 aliphatic heterocycles. The van der Waals surface area contributed by atoms with E-state index in [1.165, 1.54) is 29.5 Å². The standard InChI is InChI=1S/C17H18S/c1-13-7-9-15(10-8-13)17-12-11-16(18-17)14-5-3-2-4-6-14/h2-10,16-17H,11-12H2,1H3. The smallest absolute Gasteiger partial charge is 0.0303 e. The van der Waals surface area contributed by atoms with Gasteiger partial charge in [-0.15, -0.1) is 11.8 Å². The Bertz CT molecular complexity index is 501. The second kappa shape index (κ2) is 5.19. The predicted octanol–water partition coefficient (Wildman–Crippen LogP) is 5.30. The minimum Gasteiger partial charge on any atom is -0.146 e. The monoisotopic (exact) mass is 254 g/mol. The van der Waals surface area contributed by atoms with Crippen molar-refractivity contribution in [2.75, 3.05) is 0 Å². The second-order valence-electron chi connectivity index (χ2n) is 5.01. The SMILES string of the molecule is Cc1ccc(C2CCC(c3ccccc3)S2)cc1. The quantitative estimate of drug-likeness (QED) is 0.700. The van der Waals surface area contributed by atoms with Gasteiger partial charge in [-0.1, -0.05) is 60.2 Å². The maximum Gasteiger partial charge on any atom is 0.0303 e. The number of thioether (sulfide) groups is 1. The highest BCUT2D eigenvalue weighted by Crippen LogP contribution is 2.52. The van der Waals surface area contributed by atoms with Gasteiger partial charge in [0, 0.05) is 10.5 Å². The second-order valence-corrected chi connectivity index (χ2v) is 6.42. The highest BCUT2D eigenvalue weighted by atomic mass is 32.2. The molecule has 3 rings (SSSR count). The van der Waals surface area contributed by atoms with Crippen molar-refractivity contribution in [2.45, 2.75) is 30.3 Å². The molecule has 18 heavy (non-hydrogen) atoms. The average molecular weight is 254 g/mol. The molecule has 1 aliphatic rings. The van der Waals surface area contributed by atoms with Crippen LogP contribution in [0.5, 0.6) is 0 Å². The molecule has 0 amide bonds. The van der Waals surface area contributed by atoms with Crippen molar-refractivity contribution in [1.29, 1.82) is 0 Å². The lowest BCUT2D eigenvalue weighted by Crippen LogP contribution is -1.88. The molecule has 0 aromatic heterocycles. The Morgan fingerprint density at radius 3 is 1.94 bits per heavy atom. The summed E-state index contributed by atoms with van der Waals surface area (Å²) in [6.07, 6.45) is 2.60. The van der Waals surface area contributed by atoms with Crippen LogP contribution in [0.3, 0.4) is 0 Å². The first-order chi connectivity index (χ1) is 8.83. The Labute approximate surface area is 113 Å². The first-order valence-electron chi connectivity index (χ1n) is 6.60. The fourth-order valence-corrected chi connectivity index (χ4v) is 4.15. The maximum atomic E-state index is 2.29. The molecule has 0 aliphatic carbocycles. The molecule has 0 nitrogen and oxygen atoms in total. The van der Waals surface area contributed by atoms with E-state index in [-0.39, 0.29) is 0 Å². The van der Waals surface area contributed by atoms with Crippen LogP contribution in [-0.4, -0.2) is 0 Å². The summed E-state index contributed by atoms with van der Waals surface area (Å²) in [5.74, 6) is 0. The van der Waals surface area contributed by atoms with Crippen LogP contribution in [0.25, 0.3) is 0 Å². The van der Waals surface area contributed by atoms with Crippen molar-refractivity contribution >= 4 is 11.8 Å². The topological polar surface area (TPSA) is 0 Å². The van der Waals surface area contributed by atoms with E-state index < -0.39 is 0 Å². The van der Waals surface area contributed by atoms with Crippen LogP contribution in [0.4, 0.5) is 0 Å². The highest BCUT2D eigenvalue weighted by Gasteiger charge is 2.27. The molecule has 1 heterocycles. The molecule has 2 aromatic rings. The van der Waals surface area contributed by atoms with E-state index in [2.05, 4.69) is 73.3 Å². The lowest BCUT2D eigenvalue weighted by atomic mass is 10.0. The van der Waals surface area contributed by atoms with Crippen LogP contribution in [0.15, 0.2) is 54.6 Å². The van der Waals surface area contributed by atoms with Crippen molar-refractivity contribution in [3.05, 3.63) is 71.3 Å². The van der Waals surface area contributed by atoms with Crippen molar-refractivity contribution in [1.82, 2.24) is 0 Å². The maximum absolute atomic E-state index is 2.29. The minimum atomic E-state index is 0.677. The fraction of sp³-hybridized carbons (Fsp3) is 0.294. The van der Waals surface area contributed by atoms with Gasteiger partial charge in [0.05, 0.1) is 0 Å². The lowest BCUT2D eigenvalue weighted by Gasteiger charge is -2.12. The molecule has 0 radical (unpaired) electrons. The largest absolute Gasteiger partial charge is 0.146 e. The molecule has 1 fully saturated rings. The van der Waals surface area contributed by atoms with Gasteiger partial charge in [-0.25, -0.2) is 0 Å². The Hall–Kier alpha value is -1.21. The van der Waals surface area contributed by atoms with Crippen LogP contribution < -0.4 is 0 Å². The molecule has 2 atom stereocenters. The zero-order chi connectivity index (χ0) is 12.4. The van der Waals surface area contributed by atoms with Crippen molar-refractivity contribution < 1.29 is 0 Å². The van der Waals surface area contributed by atoms with Gasteiger partial charge >= 0.3 is 0 Å². The molecule has 0 saturated carbocycles. The molecule has 2 unspecified atom stereocenters. The van der Waals surface area contributed by atoms with E-state index >= 15 is 0 Å². The summed E-state index contributed by atoms with van der Waals surface area (Å²) >= 11 is 2.12. The summed E-state index contributed by atoms with van der Waals surface area (Å²) in [5.41, 5.74) is 4.32. The van der Waals surface area contributed by atoms with Gasteiger partial charge in [-0.2, -0.15) is 0 Å². The number of hydrogen-bond donors (Lipinski definition) is 0. The van der Waals surface area contributed by atoms with Gasteiger partial charge in [0.2, 0.25) is 0 Å². The van der Waals surface area contributed by atoms with E-state index in [0.717, 1.165) is 0 Å². The number of benzene rings is 2. The Balaban J connectivity index is 1.74. The van der Waals surface area contributed by atoms with Gasteiger partial charge in [0.1, 0.15) is 0 Å². The number of hydrogen-bond acceptors (Lipinski definition) is 1. The first-order valence-corrected chi connectivity index (χ1v) is 7.54. The summed E-state index contributed by atoms with van der Waals surface area (Å²) < 4.78 is 0. The van der Waals surface area contributed by atoms with Crippen LogP contribution in [0, 0.1) is 6.92 Å². The molecule has 92 valence electrons. The van der Waals surface area contributed by atoms with Gasteiger partial charge in [-0.05, 0) is 30.9 Å². The van der Waals surface area contributed by atoms with Gasteiger partial charge in [0.25, 0.3) is 0 Å². The summed E-state index contributed by atoms with van der Waals surface area (Å²) in [5, 5.41) is 1.35. The van der Waals surface area contributed by atoms with Crippen LogP contribution >= 0.6 is 11.8 Å². The third-order valence-electron chi connectivity index (χ3n) is 3.64. The van der Waals surface area contributed by atoms with Crippen molar-refractivity contribution in [3.63, 3.8) is 0 Å². The van der Waals surface area contributed by atoms with E-state index in [1.54, 1.807) is 0 Å². The average Bonchev–Trinajstić information content (AvgIpc) is 2.90. The zero-order valence-corrected chi connectivity index (χ0v) is 11.5. The summed E-state index contributed by atoms with van der Waals surface area (Å²) in [6.45, 7) is 2.15. The van der Waals surface area contributed by atoms with Gasteiger partial charge in [0.15, 0.2) is 0 Å². The van der Waals surface area contributed by atoms with E-state index in [1.807, 2.05) is 0 Å². The molecule has 1 heteroatoms. The van der Waals surface area contributed by atoms with Gasteiger partial charge in [-0.3, -0.25) is 0 Å². The lowest BCUT2D eigenvalue weighted by molar-refractivity contribution is 0.765. The molecular formula is C17H18S. The van der Waals surface area contributed by atoms with Crippen molar-refractivity contribution in [3.8, 4) is 0 Å². The normalized spacial score (nSPS) is 23.2. The van der Waals surface area contributed by atoms with E-state index in [9.17, 15) is 0 Å². The van der Waals surface area contributed by atoms with Crippen molar-refractivity contribution in [2.24, 2.45) is 0 Å². The third kappa shape index (κ3) is 2.46. The zero-order valence-electron chi connectivity index (χ0n) is 10.7. The third-order valence-corrected chi connectivity index (χ3v) is 5.31. The van der Waals surface area contributed by atoms with E-state index in [4.69, 9.17) is 0 Å².